The summed E-state index contributed by atoms with van der Waals surface area (Å²) in [5.74, 6) is 0. The van der Waals surface area contributed by atoms with Gasteiger partial charge in [-0.15, -0.1) is 0 Å². The van der Waals surface area contributed by atoms with Crippen molar-refractivity contribution in [3.63, 3.8) is 0 Å². The topological polar surface area (TPSA) is 59.1 Å². The molecule has 0 fully saturated rings. The summed E-state index contributed by atoms with van der Waals surface area (Å²) in [6.07, 6.45) is -3.73. The maximum Gasteiger partial charge on any atom is 0.402 e. The molecule has 1 N–H and O–H groups in total. The standard InChI is InChI=1S/C7H6ClF3N2O2S/c8-6-2-1-5(3-12-6)16(14,15)13-4-7(9,10)11/h1-3,13H,4H2. The van der Waals surface area contributed by atoms with Crippen LogP contribution in [0.1, 0.15) is 0 Å². The zero-order chi connectivity index (χ0) is 12.4. The molecule has 0 aromatic carbocycles. The first-order valence-corrected chi connectivity index (χ1v) is 5.75. The number of halogens is 4. The zero-order valence-corrected chi connectivity index (χ0v) is 9.20. The molecular weight excluding hydrogens is 269 g/mol. The molecule has 1 aromatic rings. The smallest absolute Gasteiger partial charge is 0.243 e. The summed E-state index contributed by atoms with van der Waals surface area (Å²) in [6, 6.07) is 2.23. The number of hydrogen-bond donors (Lipinski definition) is 1. The van der Waals surface area contributed by atoms with Crippen molar-refractivity contribution < 1.29 is 21.6 Å². The molecule has 1 aromatic heterocycles. The van der Waals surface area contributed by atoms with Crippen LogP contribution in [0.25, 0.3) is 0 Å². The highest BCUT2D eigenvalue weighted by atomic mass is 35.5. The van der Waals surface area contributed by atoms with Crippen molar-refractivity contribution >= 4 is 21.6 Å². The fourth-order valence-electron chi connectivity index (χ4n) is 0.781. The predicted molar refractivity (Wildman–Crippen MR) is 50.5 cm³/mol. The quantitative estimate of drug-likeness (QED) is 0.851. The maximum absolute atomic E-state index is 11.8. The van der Waals surface area contributed by atoms with Crippen LogP contribution < -0.4 is 4.72 Å². The normalized spacial score (nSPS) is 12.8. The van der Waals surface area contributed by atoms with Crippen LogP contribution in [0.2, 0.25) is 5.15 Å². The van der Waals surface area contributed by atoms with Gasteiger partial charge in [-0.1, -0.05) is 11.6 Å². The van der Waals surface area contributed by atoms with Gasteiger partial charge in [-0.2, -0.15) is 13.2 Å². The largest absolute Gasteiger partial charge is 0.402 e. The number of hydrogen-bond acceptors (Lipinski definition) is 3. The van der Waals surface area contributed by atoms with E-state index < -0.39 is 22.7 Å². The fourth-order valence-corrected chi connectivity index (χ4v) is 1.85. The van der Waals surface area contributed by atoms with Crippen LogP contribution in [0.5, 0.6) is 0 Å². The van der Waals surface area contributed by atoms with Crippen molar-refractivity contribution in [3.8, 4) is 0 Å². The Balaban J connectivity index is 2.83. The van der Waals surface area contributed by atoms with Crippen molar-refractivity contribution in [1.29, 1.82) is 0 Å². The highest BCUT2D eigenvalue weighted by Gasteiger charge is 2.30. The lowest BCUT2D eigenvalue weighted by atomic mass is 10.5. The van der Waals surface area contributed by atoms with E-state index in [0.29, 0.717) is 0 Å². The number of nitrogens with zero attached hydrogens (tertiary/aromatic N) is 1. The van der Waals surface area contributed by atoms with Gasteiger partial charge in [0.2, 0.25) is 10.0 Å². The molecule has 0 spiro atoms. The van der Waals surface area contributed by atoms with E-state index in [9.17, 15) is 21.6 Å². The van der Waals surface area contributed by atoms with Crippen molar-refractivity contribution in [2.45, 2.75) is 11.1 Å². The summed E-state index contributed by atoms with van der Waals surface area (Å²) in [5, 5.41) is 0.0507. The lowest BCUT2D eigenvalue weighted by Crippen LogP contribution is -2.33. The van der Waals surface area contributed by atoms with E-state index in [2.05, 4.69) is 4.98 Å². The van der Waals surface area contributed by atoms with Gasteiger partial charge in [-0.05, 0) is 12.1 Å². The average Bonchev–Trinajstić information content (AvgIpc) is 2.15. The molecule has 0 aliphatic heterocycles. The average molecular weight is 275 g/mol. The summed E-state index contributed by atoms with van der Waals surface area (Å²) >= 11 is 5.41. The number of nitrogens with one attached hydrogen (secondary N) is 1. The van der Waals surface area contributed by atoms with Crippen molar-refractivity contribution in [3.05, 3.63) is 23.5 Å². The molecule has 1 rings (SSSR count). The minimum Gasteiger partial charge on any atom is -0.243 e. The lowest BCUT2D eigenvalue weighted by molar-refractivity contribution is -0.121. The molecule has 0 saturated carbocycles. The molecule has 0 saturated heterocycles. The Morgan fingerprint density at radius 1 is 1.38 bits per heavy atom. The third-order valence-corrected chi connectivity index (χ3v) is 3.08. The molecule has 9 heteroatoms. The third kappa shape index (κ3) is 3.95. The molecule has 0 bridgehead atoms. The van der Waals surface area contributed by atoms with Gasteiger partial charge in [0.25, 0.3) is 0 Å². The molecule has 90 valence electrons. The Morgan fingerprint density at radius 3 is 2.44 bits per heavy atom. The number of pyridine rings is 1. The monoisotopic (exact) mass is 274 g/mol. The fraction of sp³-hybridized carbons (Fsp3) is 0.286. The predicted octanol–water partition coefficient (Wildman–Crippen LogP) is 1.58. The van der Waals surface area contributed by atoms with Gasteiger partial charge < -0.3 is 0 Å². The third-order valence-electron chi connectivity index (χ3n) is 1.47. The van der Waals surface area contributed by atoms with Crippen LogP contribution in [-0.2, 0) is 10.0 Å². The number of rotatable bonds is 3. The van der Waals surface area contributed by atoms with E-state index in [1.807, 2.05) is 0 Å². The van der Waals surface area contributed by atoms with Gasteiger partial charge in [-0.3, -0.25) is 0 Å². The van der Waals surface area contributed by atoms with Crippen molar-refractivity contribution in [2.24, 2.45) is 0 Å². The maximum atomic E-state index is 11.8. The molecule has 4 nitrogen and oxygen atoms in total. The minimum absolute atomic E-state index is 0.0507. The van der Waals surface area contributed by atoms with Crippen LogP contribution in [0, 0.1) is 0 Å². The molecule has 0 unspecified atom stereocenters. The Kier molecular flexibility index (Phi) is 3.76. The van der Waals surface area contributed by atoms with Gasteiger partial charge in [0.05, 0.1) is 0 Å². The molecule has 0 aliphatic carbocycles. The van der Waals surface area contributed by atoms with Gasteiger partial charge in [0.15, 0.2) is 0 Å². The van der Waals surface area contributed by atoms with E-state index in [0.717, 1.165) is 12.3 Å². The van der Waals surface area contributed by atoms with Crippen molar-refractivity contribution in [1.82, 2.24) is 9.71 Å². The second-order valence-corrected chi connectivity index (χ2v) is 4.91. The summed E-state index contributed by atoms with van der Waals surface area (Å²) in [6.45, 7) is -1.63. The first-order chi connectivity index (χ1) is 7.21. The Hall–Kier alpha value is -0.860. The molecular formula is C7H6ClF3N2O2S. The van der Waals surface area contributed by atoms with Gasteiger partial charge in [-0.25, -0.2) is 18.1 Å². The number of aromatic nitrogens is 1. The van der Waals surface area contributed by atoms with E-state index in [4.69, 9.17) is 11.6 Å². The van der Waals surface area contributed by atoms with Gasteiger partial charge in [0.1, 0.15) is 16.6 Å². The highest BCUT2D eigenvalue weighted by molar-refractivity contribution is 7.89. The Bertz CT molecular complexity index is 458. The molecule has 0 atom stereocenters. The zero-order valence-electron chi connectivity index (χ0n) is 7.62. The van der Waals surface area contributed by atoms with E-state index >= 15 is 0 Å². The molecule has 0 radical (unpaired) electrons. The van der Waals surface area contributed by atoms with Crippen LogP contribution >= 0.6 is 11.6 Å². The van der Waals surface area contributed by atoms with E-state index in [1.165, 1.54) is 10.8 Å². The summed E-state index contributed by atoms with van der Waals surface area (Å²) < 4.78 is 59.4. The molecule has 1 heterocycles. The second kappa shape index (κ2) is 4.56. The Labute approximate surface area is 94.5 Å². The Morgan fingerprint density at radius 2 is 2.00 bits per heavy atom. The summed E-state index contributed by atoms with van der Waals surface area (Å²) in [5.41, 5.74) is 0. The highest BCUT2D eigenvalue weighted by Crippen LogP contribution is 2.15. The summed E-state index contributed by atoms with van der Waals surface area (Å²) in [4.78, 5) is 3.08. The van der Waals surface area contributed by atoms with Crippen LogP contribution in [-0.4, -0.2) is 26.1 Å². The van der Waals surface area contributed by atoms with E-state index in [1.54, 1.807) is 0 Å². The lowest BCUT2D eigenvalue weighted by Gasteiger charge is -2.08. The second-order valence-electron chi connectivity index (χ2n) is 2.76. The first kappa shape index (κ1) is 13.2. The minimum atomic E-state index is -4.60. The number of alkyl halides is 3. The molecule has 0 amide bonds. The van der Waals surface area contributed by atoms with Crippen molar-refractivity contribution in [2.75, 3.05) is 6.54 Å². The van der Waals surface area contributed by atoms with E-state index in [-0.39, 0.29) is 10.0 Å². The van der Waals surface area contributed by atoms with Gasteiger partial charge >= 0.3 is 6.18 Å². The van der Waals surface area contributed by atoms with Crippen LogP contribution in [0.15, 0.2) is 23.2 Å². The molecule has 0 aliphatic rings. The summed E-state index contributed by atoms with van der Waals surface area (Å²) in [7, 11) is -4.20. The first-order valence-electron chi connectivity index (χ1n) is 3.89. The molecule has 16 heavy (non-hydrogen) atoms. The number of sulfonamides is 1. The van der Waals surface area contributed by atoms with Gasteiger partial charge in [0, 0.05) is 6.20 Å². The van der Waals surface area contributed by atoms with Crippen LogP contribution in [0.4, 0.5) is 13.2 Å². The van der Waals surface area contributed by atoms with Crippen LogP contribution in [0.3, 0.4) is 0 Å². The SMILES string of the molecule is O=S(=O)(NCC(F)(F)F)c1ccc(Cl)nc1.